The van der Waals surface area contributed by atoms with Crippen LogP contribution in [-0.4, -0.2) is 17.6 Å². The van der Waals surface area contributed by atoms with Crippen molar-refractivity contribution in [3.8, 4) is 0 Å². The predicted octanol–water partition coefficient (Wildman–Crippen LogP) is 5.23. The maximum atomic E-state index is 14.0. The zero-order chi connectivity index (χ0) is 18.8. The number of carbonyl (C=O) groups is 1. The van der Waals surface area contributed by atoms with Gasteiger partial charge in [0.1, 0.15) is 5.82 Å². The van der Waals surface area contributed by atoms with Crippen molar-refractivity contribution in [1.82, 2.24) is 5.32 Å². The molecule has 0 bridgehead atoms. The van der Waals surface area contributed by atoms with E-state index in [1.54, 1.807) is 6.07 Å². The smallest absolute Gasteiger partial charge is 0.303 e. The van der Waals surface area contributed by atoms with Gasteiger partial charge in [-0.2, -0.15) is 0 Å². The fourth-order valence-electron chi connectivity index (χ4n) is 3.75. The fourth-order valence-corrected chi connectivity index (χ4v) is 3.75. The second-order valence-electron chi connectivity index (χ2n) is 7.50. The third kappa shape index (κ3) is 7.28. The minimum atomic E-state index is -0.724. The van der Waals surface area contributed by atoms with E-state index < -0.39 is 5.97 Å². The molecule has 1 saturated carbocycles. The predicted molar refractivity (Wildman–Crippen MR) is 104 cm³/mol. The number of benzene rings is 1. The molecule has 0 aliphatic heterocycles. The van der Waals surface area contributed by atoms with Crippen LogP contribution in [0.4, 0.5) is 4.39 Å². The molecule has 0 saturated heterocycles. The molecule has 0 spiro atoms. The van der Waals surface area contributed by atoms with E-state index in [0.717, 1.165) is 24.1 Å². The molecule has 1 aliphatic rings. The first kappa shape index (κ1) is 20.6. The topological polar surface area (TPSA) is 49.3 Å². The van der Waals surface area contributed by atoms with Crippen molar-refractivity contribution in [3.63, 3.8) is 0 Å². The highest BCUT2D eigenvalue weighted by Crippen LogP contribution is 2.29. The number of aliphatic carboxylic acids is 1. The Morgan fingerprint density at radius 2 is 2.12 bits per heavy atom. The number of unbranched alkanes of at least 4 members (excludes halogenated alkanes) is 1. The molecule has 2 rings (SSSR count). The number of nitrogens with one attached hydrogen (secondary N) is 1. The summed E-state index contributed by atoms with van der Waals surface area (Å²) in [5.41, 5.74) is 1.67. The van der Waals surface area contributed by atoms with Gasteiger partial charge in [-0.05, 0) is 62.6 Å². The van der Waals surface area contributed by atoms with Crippen molar-refractivity contribution in [3.05, 3.63) is 47.3 Å². The first-order valence-corrected chi connectivity index (χ1v) is 9.90. The second-order valence-corrected chi connectivity index (χ2v) is 7.50. The van der Waals surface area contributed by atoms with Crippen LogP contribution in [-0.2, 0) is 11.3 Å². The van der Waals surface area contributed by atoms with Crippen molar-refractivity contribution < 1.29 is 14.3 Å². The number of carboxylic acids is 1. The molecule has 1 aromatic rings. The Bertz CT molecular complexity index is 600. The van der Waals surface area contributed by atoms with Gasteiger partial charge in [0.15, 0.2) is 0 Å². The zero-order valence-electron chi connectivity index (χ0n) is 15.8. The van der Waals surface area contributed by atoms with Crippen LogP contribution in [0, 0.1) is 24.6 Å². The van der Waals surface area contributed by atoms with Gasteiger partial charge < -0.3 is 10.4 Å². The molecule has 0 amide bonds. The van der Waals surface area contributed by atoms with E-state index in [1.165, 1.54) is 32.1 Å². The SMILES string of the molecule is Cc1ccc(CNC[C@H]2CCCCC[C@@H]2/C=C\CCCC(=O)O)c(F)c1. The van der Waals surface area contributed by atoms with Gasteiger partial charge in [-0.1, -0.05) is 43.5 Å². The summed E-state index contributed by atoms with van der Waals surface area (Å²) in [6.07, 6.45) is 12.4. The molecule has 1 aliphatic carbocycles. The van der Waals surface area contributed by atoms with Crippen molar-refractivity contribution in [2.24, 2.45) is 11.8 Å². The molecule has 2 N–H and O–H groups in total. The Kier molecular flexibility index (Phi) is 8.82. The van der Waals surface area contributed by atoms with E-state index in [1.807, 2.05) is 19.1 Å². The summed E-state index contributed by atoms with van der Waals surface area (Å²) in [4.78, 5) is 10.6. The van der Waals surface area contributed by atoms with Crippen molar-refractivity contribution in [2.75, 3.05) is 6.54 Å². The van der Waals surface area contributed by atoms with Crippen LogP contribution in [0.5, 0.6) is 0 Å². The molecule has 0 heterocycles. The molecule has 4 heteroatoms. The van der Waals surface area contributed by atoms with Crippen molar-refractivity contribution in [2.45, 2.75) is 64.8 Å². The summed E-state index contributed by atoms with van der Waals surface area (Å²) in [5.74, 6) is 0.256. The molecule has 0 unspecified atom stereocenters. The molecule has 0 aromatic heterocycles. The number of hydrogen-bond acceptors (Lipinski definition) is 2. The van der Waals surface area contributed by atoms with E-state index >= 15 is 0 Å². The highest BCUT2D eigenvalue weighted by molar-refractivity contribution is 5.66. The molecule has 1 fully saturated rings. The van der Waals surface area contributed by atoms with Gasteiger partial charge in [0.05, 0.1) is 0 Å². The second kappa shape index (κ2) is 11.1. The number of allylic oxidation sites excluding steroid dienone is 2. The minimum Gasteiger partial charge on any atom is -0.481 e. The summed E-state index contributed by atoms with van der Waals surface area (Å²) in [5, 5.41) is 12.2. The first-order chi connectivity index (χ1) is 12.6. The Balaban J connectivity index is 1.83. The molecular weight excluding hydrogens is 329 g/mol. The van der Waals surface area contributed by atoms with Crippen molar-refractivity contribution in [1.29, 1.82) is 0 Å². The van der Waals surface area contributed by atoms with Crippen LogP contribution in [0.15, 0.2) is 30.4 Å². The standard InChI is InChI=1S/C22H32FNO2/c1-17-12-13-20(21(23)14-17)16-24-15-19-10-6-2-4-8-18(19)9-5-3-7-11-22(25)26/h5,9,12-14,18-19,24H,2-4,6-8,10-11,15-16H2,1H3,(H,25,26)/b9-5-/t18-,19-/m1/s1. The van der Waals surface area contributed by atoms with Gasteiger partial charge >= 0.3 is 5.97 Å². The first-order valence-electron chi connectivity index (χ1n) is 9.90. The summed E-state index contributed by atoms with van der Waals surface area (Å²) in [7, 11) is 0. The van der Waals surface area contributed by atoms with Gasteiger partial charge in [-0.25, -0.2) is 4.39 Å². The summed E-state index contributed by atoms with van der Waals surface area (Å²) in [6.45, 7) is 3.37. The minimum absolute atomic E-state index is 0.131. The normalized spacial score (nSPS) is 21.0. The maximum absolute atomic E-state index is 14.0. The summed E-state index contributed by atoms with van der Waals surface area (Å²) >= 11 is 0. The maximum Gasteiger partial charge on any atom is 0.303 e. The third-order valence-corrected chi connectivity index (χ3v) is 5.29. The highest BCUT2D eigenvalue weighted by Gasteiger charge is 2.21. The third-order valence-electron chi connectivity index (χ3n) is 5.29. The largest absolute Gasteiger partial charge is 0.481 e. The Hall–Kier alpha value is -1.68. The van der Waals surface area contributed by atoms with Gasteiger partial charge in [0.25, 0.3) is 0 Å². The van der Waals surface area contributed by atoms with Crippen LogP contribution >= 0.6 is 0 Å². The van der Waals surface area contributed by atoms with Crippen LogP contribution in [0.2, 0.25) is 0 Å². The Morgan fingerprint density at radius 1 is 1.31 bits per heavy atom. The molecule has 1 aromatic carbocycles. The van der Waals surface area contributed by atoms with E-state index in [0.29, 0.717) is 24.8 Å². The van der Waals surface area contributed by atoms with E-state index in [-0.39, 0.29) is 12.2 Å². The van der Waals surface area contributed by atoms with Gasteiger partial charge in [0, 0.05) is 18.5 Å². The lowest BCUT2D eigenvalue weighted by molar-refractivity contribution is -0.137. The summed E-state index contributed by atoms with van der Waals surface area (Å²) in [6, 6.07) is 5.41. The zero-order valence-corrected chi connectivity index (χ0v) is 15.8. The lowest BCUT2D eigenvalue weighted by Crippen LogP contribution is -2.27. The van der Waals surface area contributed by atoms with Crippen LogP contribution < -0.4 is 5.32 Å². The number of halogens is 1. The van der Waals surface area contributed by atoms with Crippen LogP contribution in [0.3, 0.4) is 0 Å². The number of carboxylic acid groups (broad SMARTS) is 1. The van der Waals surface area contributed by atoms with E-state index in [2.05, 4.69) is 17.5 Å². The van der Waals surface area contributed by atoms with Gasteiger partial charge in [0.2, 0.25) is 0 Å². The molecule has 0 radical (unpaired) electrons. The van der Waals surface area contributed by atoms with Crippen LogP contribution in [0.25, 0.3) is 0 Å². The highest BCUT2D eigenvalue weighted by atomic mass is 19.1. The summed E-state index contributed by atoms with van der Waals surface area (Å²) < 4.78 is 14.0. The molecule has 3 nitrogen and oxygen atoms in total. The molecular formula is C22H32FNO2. The van der Waals surface area contributed by atoms with E-state index in [9.17, 15) is 9.18 Å². The Morgan fingerprint density at radius 3 is 2.88 bits per heavy atom. The average Bonchev–Trinajstić information content (AvgIpc) is 2.81. The lowest BCUT2D eigenvalue weighted by atomic mass is 9.87. The molecule has 144 valence electrons. The number of hydrogen-bond donors (Lipinski definition) is 2. The number of rotatable bonds is 9. The quantitative estimate of drug-likeness (QED) is 0.360. The number of aryl methyl sites for hydroxylation is 1. The molecule has 26 heavy (non-hydrogen) atoms. The fraction of sp³-hybridized carbons (Fsp3) is 0.591. The van der Waals surface area contributed by atoms with E-state index in [4.69, 9.17) is 5.11 Å². The molecule has 2 atom stereocenters. The van der Waals surface area contributed by atoms with Gasteiger partial charge in [-0.15, -0.1) is 0 Å². The van der Waals surface area contributed by atoms with Gasteiger partial charge in [-0.3, -0.25) is 4.79 Å². The van der Waals surface area contributed by atoms with Crippen molar-refractivity contribution >= 4 is 5.97 Å². The van der Waals surface area contributed by atoms with Crippen LogP contribution in [0.1, 0.15) is 62.5 Å². The average molecular weight is 362 g/mol. The monoisotopic (exact) mass is 361 g/mol. The Labute approximate surface area is 156 Å². The lowest BCUT2D eigenvalue weighted by Gasteiger charge is -2.23.